The van der Waals surface area contributed by atoms with Crippen LogP contribution in [-0.4, -0.2) is 24.8 Å². The number of nitrogens with one attached hydrogen (secondary N) is 2. The molecule has 1 atom stereocenters. The largest absolute Gasteiger partial charge is 0.496 e. The van der Waals surface area contributed by atoms with Gasteiger partial charge in [0.2, 0.25) is 0 Å². The molecule has 2 amide bonds. The topological polar surface area (TPSA) is 83.7 Å². The Morgan fingerprint density at radius 3 is 2.61 bits per heavy atom. The van der Waals surface area contributed by atoms with Crippen molar-refractivity contribution in [1.29, 1.82) is 0 Å². The van der Waals surface area contributed by atoms with Gasteiger partial charge in [-0.25, -0.2) is 4.79 Å². The number of ether oxygens (including phenoxy) is 1. The normalized spacial score (nSPS) is 13.3. The molecule has 1 unspecified atom stereocenters. The van der Waals surface area contributed by atoms with Gasteiger partial charge < -0.3 is 24.9 Å². The minimum Gasteiger partial charge on any atom is -0.496 e. The van der Waals surface area contributed by atoms with Crippen LogP contribution in [0.3, 0.4) is 0 Å². The number of amides is 2. The summed E-state index contributed by atoms with van der Waals surface area (Å²) in [5, 5.41) is 15.7. The first-order valence-electron chi connectivity index (χ1n) is 7.30. The van der Waals surface area contributed by atoms with Gasteiger partial charge in [-0.2, -0.15) is 0 Å². The lowest BCUT2D eigenvalue weighted by Gasteiger charge is -2.21. The van der Waals surface area contributed by atoms with E-state index in [2.05, 4.69) is 10.6 Å². The molecule has 2 rings (SSSR count). The lowest BCUT2D eigenvalue weighted by molar-refractivity contribution is 0.0364. The molecule has 0 aliphatic rings. The molecule has 3 N–H and O–H groups in total. The molecule has 0 aliphatic heterocycles. The van der Waals surface area contributed by atoms with Crippen LogP contribution in [0.5, 0.6) is 5.75 Å². The molecule has 0 fully saturated rings. The molecule has 0 bridgehead atoms. The summed E-state index contributed by atoms with van der Waals surface area (Å²) in [7, 11) is 1.60. The Morgan fingerprint density at radius 1 is 1.30 bits per heavy atom. The summed E-state index contributed by atoms with van der Waals surface area (Å²) >= 11 is 0. The van der Waals surface area contributed by atoms with Crippen LogP contribution in [0.2, 0.25) is 0 Å². The number of hydrogen-bond donors (Lipinski definition) is 3. The lowest BCUT2D eigenvalue weighted by atomic mass is 10.0. The van der Waals surface area contributed by atoms with Crippen molar-refractivity contribution >= 4 is 11.7 Å². The summed E-state index contributed by atoms with van der Waals surface area (Å²) in [6, 6.07) is 8.41. The lowest BCUT2D eigenvalue weighted by Crippen LogP contribution is -2.40. The van der Waals surface area contributed by atoms with Crippen LogP contribution in [0.25, 0.3) is 0 Å². The highest BCUT2D eigenvalue weighted by atomic mass is 16.5. The Kier molecular flexibility index (Phi) is 4.95. The van der Waals surface area contributed by atoms with Crippen molar-refractivity contribution in [2.24, 2.45) is 0 Å². The van der Waals surface area contributed by atoms with E-state index < -0.39 is 11.6 Å². The Hall–Kier alpha value is -2.47. The van der Waals surface area contributed by atoms with Crippen LogP contribution >= 0.6 is 0 Å². The molecule has 1 heterocycles. The zero-order valence-corrected chi connectivity index (χ0v) is 13.8. The highest BCUT2D eigenvalue weighted by Gasteiger charge is 2.27. The van der Waals surface area contributed by atoms with E-state index in [0.29, 0.717) is 17.2 Å². The third kappa shape index (κ3) is 4.26. The maximum atomic E-state index is 12.0. The first kappa shape index (κ1) is 16.9. The summed E-state index contributed by atoms with van der Waals surface area (Å²) in [6.45, 7) is 5.31. The molecule has 0 aliphatic carbocycles. The third-order valence-corrected chi connectivity index (χ3v) is 3.52. The average Bonchev–Trinajstić information content (AvgIpc) is 2.93. The van der Waals surface area contributed by atoms with E-state index >= 15 is 0 Å². The zero-order valence-electron chi connectivity index (χ0n) is 13.8. The van der Waals surface area contributed by atoms with Gasteiger partial charge in [0, 0.05) is 5.69 Å². The van der Waals surface area contributed by atoms with Crippen LogP contribution in [0.1, 0.15) is 24.0 Å². The van der Waals surface area contributed by atoms with Crippen molar-refractivity contribution in [1.82, 2.24) is 5.32 Å². The maximum absolute atomic E-state index is 12.0. The minimum atomic E-state index is -1.28. The van der Waals surface area contributed by atoms with Gasteiger partial charge in [-0.3, -0.25) is 0 Å². The standard InChI is InChI=1S/C17H22N2O4/c1-11-9-13(6-7-14(11)22-4)19-16(20)18-10-17(3,21)15-8-5-12(2)23-15/h5-9,21H,10H2,1-4H3,(H2,18,19,20). The van der Waals surface area contributed by atoms with Gasteiger partial charge in [-0.1, -0.05) is 0 Å². The second-order valence-electron chi connectivity index (χ2n) is 5.68. The SMILES string of the molecule is COc1ccc(NC(=O)NCC(C)(O)c2ccc(C)o2)cc1C. The third-order valence-electron chi connectivity index (χ3n) is 3.52. The number of aryl methyl sites for hydroxylation is 2. The zero-order chi connectivity index (χ0) is 17.0. The number of benzene rings is 1. The number of carbonyl (C=O) groups is 1. The molecule has 2 aromatic rings. The number of carbonyl (C=O) groups excluding carboxylic acids is 1. The molecule has 0 saturated carbocycles. The van der Waals surface area contributed by atoms with Crippen molar-refractivity contribution < 1.29 is 19.1 Å². The molecule has 1 aromatic carbocycles. The van der Waals surface area contributed by atoms with Crippen LogP contribution in [0.15, 0.2) is 34.7 Å². The van der Waals surface area contributed by atoms with Crippen molar-refractivity contribution in [2.45, 2.75) is 26.4 Å². The Labute approximate surface area is 135 Å². The fourth-order valence-electron chi connectivity index (χ4n) is 2.19. The summed E-state index contributed by atoms with van der Waals surface area (Å²) in [5.41, 5.74) is 0.291. The molecule has 6 nitrogen and oxygen atoms in total. The van der Waals surface area contributed by atoms with Gasteiger partial charge in [-0.05, 0) is 56.7 Å². The highest BCUT2D eigenvalue weighted by Crippen LogP contribution is 2.23. The van der Waals surface area contributed by atoms with E-state index in [1.807, 2.05) is 13.0 Å². The Morgan fingerprint density at radius 2 is 2.04 bits per heavy atom. The number of urea groups is 1. The summed E-state index contributed by atoms with van der Waals surface area (Å²) in [5.74, 6) is 1.88. The van der Waals surface area contributed by atoms with Crippen LogP contribution in [0, 0.1) is 13.8 Å². The van der Waals surface area contributed by atoms with Crippen molar-refractivity contribution in [3.8, 4) is 5.75 Å². The van der Waals surface area contributed by atoms with Gasteiger partial charge in [0.25, 0.3) is 0 Å². The van der Waals surface area contributed by atoms with E-state index in [1.54, 1.807) is 45.2 Å². The number of anilines is 1. The van der Waals surface area contributed by atoms with Crippen LogP contribution in [0.4, 0.5) is 10.5 Å². The molecule has 124 valence electrons. The number of rotatable bonds is 5. The fraction of sp³-hybridized carbons (Fsp3) is 0.353. The Bertz CT molecular complexity index is 692. The molecule has 6 heteroatoms. The van der Waals surface area contributed by atoms with E-state index in [4.69, 9.17) is 9.15 Å². The summed E-state index contributed by atoms with van der Waals surface area (Å²) < 4.78 is 10.6. The molecule has 1 aromatic heterocycles. The fourth-order valence-corrected chi connectivity index (χ4v) is 2.19. The van der Waals surface area contributed by atoms with E-state index in [0.717, 1.165) is 11.3 Å². The number of methoxy groups -OCH3 is 1. The van der Waals surface area contributed by atoms with E-state index in [-0.39, 0.29) is 6.54 Å². The minimum absolute atomic E-state index is 0.0287. The van der Waals surface area contributed by atoms with Crippen molar-refractivity contribution in [3.05, 3.63) is 47.4 Å². The maximum Gasteiger partial charge on any atom is 0.319 e. The predicted octanol–water partition coefficient (Wildman–Crippen LogP) is 2.93. The average molecular weight is 318 g/mol. The molecular formula is C17H22N2O4. The number of furan rings is 1. The molecular weight excluding hydrogens is 296 g/mol. The van der Waals surface area contributed by atoms with Crippen molar-refractivity contribution in [3.63, 3.8) is 0 Å². The second kappa shape index (κ2) is 6.75. The molecule has 0 spiro atoms. The summed E-state index contributed by atoms with van der Waals surface area (Å²) in [4.78, 5) is 12.0. The van der Waals surface area contributed by atoms with Gasteiger partial charge in [0.1, 0.15) is 22.9 Å². The number of hydrogen-bond acceptors (Lipinski definition) is 4. The van der Waals surface area contributed by atoms with Gasteiger partial charge >= 0.3 is 6.03 Å². The van der Waals surface area contributed by atoms with Gasteiger partial charge in [0.15, 0.2) is 0 Å². The first-order chi connectivity index (χ1) is 10.8. The molecule has 0 radical (unpaired) electrons. The summed E-state index contributed by atoms with van der Waals surface area (Å²) in [6.07, 6.45) is 0. The first-order valence-corrected chi connectivity index (χ1v) is 7.30. The van der Waals surface area contributed by atoms with E-state index in [9.17, 15) is 9.90 Å². The van der Waals surface area contributed by atoms with Crippen LogP contribution < -0.4 is 15.4 Å². The highest BCUT2D eigenvalue weighted by molar-refractivity contribution is 5.89. The monoisotopic (exact) mass is 318 g/mol. The number of aliphatic hydroxyl groups is 1. The van der Waals surface area contributed by atoms with Crippen molar-refractivity contribution in [2.75, 3.05) is 19.0 Å². The quantitative estimate of drug-likeness (QED) is 0.791. The van der Waals surface area contributed by atoms with Gasteiger partial charge in [0.05, 0.1) is 13.7 Å². The molecule has 0 saturated heterocycles. The predicted molar refractivity (Wildman–Crippen MR) is 87.8 cm³/mol. The van der Waals surface area contributed by atoms with Gasteiger partial charge in [-0.15, -0.1) is 0 Å². The second-order valence-corrected chi connectivity index (χ2v) is 5.68. The Balaban J connectivity index is 1.93. The smallest absolute Gasteiger partial charge is 0.319 e. The van der Waals surface area contributed by atoms with E-state index in [1.165, 1.54) is 0 Å². The molecule has 23 heavy (non-hydrogen) atoms. The van der Waals surface area contributed by atoms with Crippen LogP contribution in [-0.2, 0) is 5.60 Å².